The fourth-order valence-electron chi connectivity index (χ4n) is 1.09. The van der Waals surface area contributed by atoms with Gasteiger partial charge in [0.25, 0.3) is 0 Å². The molecule has 0 aromatic heterocycles. The summed E-state index contributed by atoms with van der Waals surface area (Å²) in [6.45, 7) is 2.29. The molecule has 84 valence electrons. The number of ketones is 1. The molecular formula is C13H14O3. The second kappa shape index (κ2) is 6.56. The van der Waals surface area contributed by atoms with Gasteiger partial charge in [0.2, 0.25) is 0 Å². The van der Waals surface area contributed by atoms with Gasteiger partial charge in [-0.15, -0.1) is 0 Å². The summed E-state index contributed by atoms with van der Waals surface area (Å²) in [6.07, 6.45) is 3.16. The molecule has 0 bridgehead atoms. The summed E-state index contributed by atoms with van der Waals surface area (Å²) in [4.78, 5) is 22.6. The molecule has 0 radical (unpaired) electrons. The Kier molecular flexibility index (Phi) is 4.99. The lowest BCUT2D eigenvalue weighted by molar-refractivity contribution is -0.137. The van der Waals surface area contributed by atoms with Crippen molar-refractivity contribution in [1.82, 2.24) is 0 Å². The molecule has 1 rings (SSSR count). The molecule has 1 aromatic carbocycles. The average Bonchev–Trinajstić information content (AvgIpc) is 2.34. The maximum atomic E-state index is 11.5. The number of hydrogen-bond donors (Lipinski definition) is 0. The second-order valence-corrected chi connectivity index (χ2v) is 3.23. The first kappa shape index (κ1) is 12.2. The fourth-order valence-corrected chi connectivity index (χ4v) is 1.09. The van der Waals surface area contributed by atoms with Crippen molar-refractivity contribution in [2.24, 2.45) is 0 Å². The Balaban J connectivity index is 2.51. The SMILES string of the molecule is CCCOC(=O)/C=C/C(=O)c1ccccc1. The average molecular weight is 218 g/mol. The predicted molar refractivity (Wildman–Crippen MR) is 61.2 cm³/mol. The van der Waals surface area contributed by atoms with Crippen molar-refractivity contribution in [2.75, 3.05) is 6.61 Å². The molecular weight excluding hydrogens is 204 g/mol. The lowest BCUT2D eigenvalue weighted by Crippen LogP contribution is -2.02. The van der Waals surface area contributed by atoms with Gasteiger partial charge in [-0.05, 0) is 12.5 Å². The number of hydrogen-bond acceptors (Lipinski definition) is 3. The summed E-state index contributed by atoms with van der Waals surface area (Å²) >= 11 is 0. The van der Waals surface area contributed by atoms with E-state index in [9.17, 15) is 9.59 Å². The molecule has 0 aliphatic heterocycles. The standard InChI is InChI=1S/C13H14O3/c1-2-10-16-13(15)9-8-12(14)11-6-4-3-5-7-11/h3-9H,2,10H2,1H3/b9-8+. The van der Waals surface area contributed by atoms with Gasteiger partial charge in [-0.1, -0.05) is 37.3 Å². The molecule has 3 heteroatoms. The minimum absolute atomic E-state index is 0.200. The minimum Gasteiger partial charge on any atom is -0.463 e. The number of carbonyl (C=O) groups excluding carboxylic acids is 2. The van der Waals surface area contributed by atoms with E-state index in [4.69, 9.17) is 4.74 Å². The zero-order valence-electron chi connectivity index (χ0n) is 9.18. The summed E-state index contributed by atoms with van der Waals surface area (Å²) in [6, 6.07) is 8.77. The van der Waals surface area contributed by atoms with Crippen LogP contribution in [0.15, 0.2) is 42.5 Å². The molecule has 3 nitrogen and oxygen atoms in total. The van der Waals surface area contributed by atoms with Gasteiger partial charge in [0.1, 0.15) is 0 Å². The Labute approximate surface area is 94.7 Å². The van der Waals surface area contributed by atoms with E-state index in [0.29, 0.717) is 12.2 Å². The number of allylic oxidation sites excluding steroid dienone is 1. The van der Waals surface area contributed by atoms with Crippen LogP contribution in [0.1, 0.15) is 23.7 Å². The minimum atomic E-state index is -0.480. The highest BCUT2D eigenvalue weighted by molar-refractivity contribution is 6.06. The van der Waals surface area contributed by atoms with Crippen molar-refractivity contribution < 1.29 is 14.3 Å². The van der Waals surface area contributed by atoms with Crippen molar-refractivity contribution in [3.05, 3.63) is 48.0 Å². The van der Waals surface area contributed by atoms with Gasteiger partial charge < -0.3 is 4.74 Å². The van der Waals surface area contributed by atoms with Crippen molar-refractivity contribution in [1.29, 1.82) is 0 Å². The predicted octanol–water partition coefficient (Wildman–Crippen LogP) is 2.38. The third kappa shape index (κ3) is 4.09. The Morgan fingerprint density at radius 2 is 1.88 bits per heavy atom. The lowest BCUT2D eigenvalue weighted by atomic mass is 10.1. The molecule has 0 aliphatic carbocycles. The van der Waals surface area contributed by atoms with Gasteiger partial charge in [-0.3, -0.25) is 4.79 Å². The van der Waals surface area contributed by atoms with Crippen molar-refractivity contribution in [2.45, 2.75) is 13.3 Å². The topological polar surface area (TPSA) is 43.4 Å². The molecule has 0 unspecified atom stereocenters. The molecule has 1 aromatic rings. The largest absolute Gasteiger partial charge is 0.463 e. The van der Waals surface area contributed by atoms with Crippen LogP contribution in [-0.4, -0.2) is 18.4 Å². The Morgan fingerprint density at radius 3 is 2.50 bits per heavy atom. The first-order valence-corrected chi connectivity index (χ1v) is 5.18. The van der Waals surface area contributed by atoms with E-state index < -0.39 is 5.97 Å². The maximum absolute atomic E-state index is 11.5. The summed E-state index contributed by atoms with van der Waals surface area (Å²) in [5.74, 6) is -0.680. The molecule has 0 atom stereocenters. The van der Waals surface area contributed by atoms with E-state index in [1.807, 2.05) is 13.0 Å². The number of ether oxygens (including phenoxy) is 1. The van der Waals surface area contributed by atoms with Crippen LogP contribution in [0.2, 0.25) is 0 Å². The molecule has 0 saturated carbocycles. The van der Waals surface area contributed by atoms with Crippen LogP contribution >= 0.6 is 0 Å². The molecule has 0 fully saturated rings. The van der Waals surface area contributed by atoms with Crippen molar-refractivity contribution >= 4 is 11.8 Å². The van der Waals surface area contributed by atoms with Gasteiger partial charge in [0, 0.05) is 11.6 Å². The molecule has 0 aliphatic rings. The number of carbonyl (C=O) groups is 2. The Hall–Kier alpha value is -1.90. The normalized spacial score (nSPS) is 10.3. The third-order valence-corrected chi connectivity index (χ3v) is 1.88. The smallest absolute Gasteiger partial charge is 0.330 e. The van der Waals surface area contributed by atoms with Crippen LogP contribution in [-0.2, 0) is 9.53 Å². The second-order valence-electron chi connectivity index (χ2n) is 3.23. The van der Waals surface area contributed by atoms with E-state index in [2.05, 4.69) is 0 Å². The van der Waals surface area contributed by atoms with Crippen molar-refractivity contribution in [3.63, 3.8) is 0 Å². The van der Waals surface area contributed by atoms with Gasteiger partial charge in [-0.2, -0.15) is 0 Å². The molecule has 0 heterocycles. The van der Waals surface area contributed by atoms with E-state index >= 15 is 0 Å². The third-order valence-electron chi connectivity index (χ3n) is 1.88. The Morgan fingerprint density at radius 1 is 1.19 bits per heavy atom. The highest BCUT2D eigenvalue weighted by atomic mass is 16.5. The van der Waals surface area contributed by atoms with Crippen LogP contribution in [0.25, 0.3) is 0 Å². The number of rotatable bonds is 5. The number of benzene rings is 1. The summed E-state index contributed by atoms with van der Waals surface area (Å²) < 4.78 is 4.80. The van der Waals surface area contributed by atoms with Gasteiger partial charge in [-0.25, -0.2) is 4.79 Å². The highest BCUT2D eigenvalue weighted by Crippen LogP contribution is 2.00. The zero-order chi connectivity index (χ0) is 11.8. The van der Waals surface area contributed by atoms with Crippen LogP contribution in [0.3, 0.4) is 0 Å². The molecule has 0 N–H and O–H groups in total. The maximum Gasteiger partial charge on any atom is 0.330 e. The van der Waals surface area contributed by atoms with E-state index in [0.717, 1.165) is 12.5 Å². The monoisotopic (exact) mass is 218 g/mol. The van der Waals surface area contributed by atoms with E-state index in [1.165, 1.54) is 6.08 Å². The summed E-state index contributed by atoms with van der Waals surface area (Å²) in [5, 5.41) is 0. The first-order chi connectivity index (χ1) is 7.74. The summed E-state index contributed by atoms with van der Waals surface area (Å²) in [7, 11) is 0. The quantitative estimate of drug-likeness (QED) is 0.433. The van der Waals surface area contributed by atoms with E-state index in [1.54, 1.807) is 24.3 Å². The number of esters is 1. The van der Waals surface area contributed by atoms with Crippen LogP contribution < -0.4 is 0 Å². The van der Waals surface area contributed by atoms with Crippen molar-refractivity contribution in [3.8, 4) is 0 Å². The molecule has 0 saturated heterocycles. The Bertz CT molecular complexity index is 379. The highest BCUT2D eigenvalue weighted by Gasteiger charge is 2.01. The first-order valence-electron chi connectivity index (χ1n) is 5.18. The molecule has 16 heavy (non-hydrogen) atoms. The van der Waals surface area contributed by atoms with Gasteiger partial charge >= 0.3 is 5.97 Å². The van der Waals surface area contributed by atoms with Gasteiger partial charge in [0.05, 0.1) is 6.61 Å². The van der Waals surface area contributed by atoms with E-state index in [-0.39, 0.29) is 5.78 Å². The van der Waals surface area contributed by atoms with Crippen LogP contribution in [0, 0.1) is 0 Å². The van der Waals surface area contributed by atoms with Crippen LogP contribution in [0.4, 0.5) is 0 Å². The molecule has 0 amide bonds. The lowest BCUT2D eigenvalue weighted by Gasteiger charge is -1.97. The summed E-state index contributed by atoms with van der Waals surface area (Å²) in [5.41, 5.74) is 0.557. The van der Waals surface area contributed by atoms with Crippen LogP contribution in [0.5, 0.6) is 0 Å². The van der Waals surface area contributed by atoms with Gasteiger partial charge in [0.15, 0.2) is 5.78 Å². The fraction of sp³-hybridized carbons (Fsp3) is 0.231. The zero-order valence-corrected chi connectivity index (χ0v) is 9.18. The molecule has 0 spiro atoms.